The van der Waals surface area contributed by atoms with Gasteiger partial charge in [-0.25, -0.2) is 9.97 Å². The molecule has 1 fully saturated rings. The van der Waals surface area contributed by atoms with Gasteiger partial charge in [-0.15, -0.1) is 0 Å². The number of fused-ring (bicyclic) bond motifs is 1. The molecule has 4 rings (SSSR count). The van der Waals surface area contributed by atoms with Gasteiger partial charge in [-0.1, -0.05) is 12.5 Å². The number of anilines is 1. The second-order valence-corrected chi connectivity index (χ2v) is 6.82. The number of aryl methyl sites for hydroxylation is 1. The van der Waals surface area contributed by atoms with Crippen LogP contribution in [0.3, 0.4) is 0 Å². The van der Waals surface area contributed by atoms with Crippen molar-refractivity contribution in [2.45, 2.75) is 51.6 Å². The molecule has 1 saturated heterocycles. The van der Waals surface area contributed by atoms with Crippen molar-refractivity contribution < 1.29 is 0 Å². The van der Waals surface area contributed by atoms with Crippen LogP contribution in [0.15, 0.2) is 24.4 Å². The first-order valence-electron chi connectivity index (χ1n) is 9.07. The van der Waals surface area contributed by atoms with E-state index in [1.807, 2.05) is 12.3 Å². The Labute approximate surface area is 143 Å². The van der Waals surface area contributed by atoms with Crippen molar-refractivity contribution in [3.05, 3.63) is 47.2 Å². The van der Waals surface area contributed by atoms with Crippen LogP contribution in [-0.2, 0) is 13.0 Å². The summed E-state index contributed by atoms with van der Waals surface area (Å²) < 4.78 is 0. The van der Waals surface area contributed by atoms with Crippen LogP contribution in [0.4, 0.5) is 5.82 Å². The average molecular weight is 323 g/mol. The second kappa shape index (κ2) is 6.85. The highest BCUT2D eigenvalue weighted by molar-refractivity contribution is 5.51. The lowest BCUT2D eigenvalue weighted by Gasteiger charge is -2.32. The summed E-state index contributed by atoms with van der Waals surface area (Å²) in [6.45, 7) is 5.07. The Morgan fingerprint density at radius 2 is 2.17 bits per heavy atom. The Hall–Kier alpha value is -2.01. The molecule has 5 nitrogen and oxygen atoms in total. The number of piperidine rings is 1. The molecular weight excluding hydrogens is 298 g/mol. The van der Waals surface area contributed by atoms with E-state index >= 15 is 0 Å². The van der Waals surface area contributed by atoms with Crippen molar-refractivity contribution in [2.75, 3.05) is 18.0 Å². The summed E-state index contributed by atoms with van der Waals surface area (Å²) in [5, 5.41) is 3.58. The molecule has 24 heavy (non-hydrogen) atoms. The lowest BCUT2D eigenvalue weighted by atomic mass is 10.0. The molecule has 0 saturated carbocycles. The first kappa shape index (κ1) is 15.5. The van der Waals surface area contributed by atoms with Crippen molar-refractivity contribution >= 4 is 5.82 Å². The van der Waals surface area contributed by atoms with Gasteiger partial charge in [0.15, 0.2) is 0 Å². The zero-order valence-electron chi connectivity index (χ0n) is 14.3. The summed E-state index contributed by atoms with van der Waals surface area (Å²) in [7, 11) is 0. The fourth-order valence-corrected chi connectivity index (χ4v) is 3.78. The highest BCUT2D eigenvalue weighted by Gasteiger charge is 2.25. The third-order valence-corrected chi connectivity index (χ3v) is 5.06. The van der Waals surface area contributed by atoms with Gasteiger partial charge in [0.1, 0.15) is 11.6 Å². The van der Waals surface area contributed by atoms with Gasteiger partial charge in [0.25, 0.3) is 0 Å². The molecule has 2 aliphatic rings. The molecule has 0 radical (unpaired) electrons. The minimum absolute atomic E-state index is 0.307. The lowest BCUT2D eigenvalue weighted by Crippen LogP contribution is -2.33. The number of aromatic nitrogens is 3. The lowest BCUT2D eigenvalue weighted by molar-refractivity contribution is 0.396. The smallest absolute Gasteiger partial charge is 0.147 e. The van der Waals surface area contributed by atoms with Crippen LogP contribution in [0.1, 0.15) is 54.5 Å². The monoisotopic (exact) mass is 323 g/mol. The summed E-state index contributed by atoms with van der Waals surface area (Å²) in [5.74, 6) is 2.10. The second-order valence-electron chi connectivity index (χ2n) is 6.82. The molecule has 2 aromatic rings. The minimum Gasteiger partial charge on any atom is -0.350 e. The van der Waals surface area contributed by atoms with Crippen molar-refractivity contribution in [3.8, 4) is 0 Å². The van der Waals surface area contributed by atoms with E-state index in [1.165, 1.54) is 18.4 Å². The predicted molar refractivity (Wildman–Crippen MR) is 95.0 cm³/mol. The Morgan fingerprint density at radius 1 is 1.21 bits per heavy atom. The first-order chi connectivity index (χ1) is 11.8. The number of pyridine rings is 1. The Bertz CT molecular complexity index is 694. The summed E-state index contributed by atoms with van der Waals surface area (Å²) in [6.07, 6.45) is 7.76. The SMILES string of the molecule is Cc1nc(C2CCCCN2)nc2c1CCCN2Cc1ccccn1. The van der Waals surface area contributed by atoms with E-state index in [2.05, 4.69) is 34.3 Å². The van der Waals surface area contributed by atoms with Crippen molar-refractivity contribution in [1.82, 2.24) is 20.3 Å². The minimum atomic E-state index is 0.307. The van der Waals surface area contributed by atoms with Crippen LogP contribution < -0.4 is 10.2 Å². The van der Waals surface area contributed by atoms with Crippen molar-refractivity contribution in [2.24, 2.45) is 0 Å². The Balaban J connectivity index is 1.65. The molecule has 1 unspecified atom stereocenters. The van der Waals surface area contributed by atoms with E-state index in [0.29, 0.717) is 6.04 Å². The maximum absolute atomic E-state index is 5.00. The number of rotatable bonds is 3. The number of hydrogen-bond donors (Lipinski definition) is 1. The standard InChI is InChI=1S/C19H25N5/c1-14-16-8-6-12-24(13-15-7-2-4-10-20-15)19(16)23-18(22-14)17-9-3-5-11-21-17/h2,4,7,10,17,21H,3,5-6,8-9,11-13H2,1H3. The predicted octanol–water partition coefficient (Wildman–Crippen LogP) is 2.95. The van der Waals surface area contributed by atoms with Gasteiger partial charge in [-0.3, -0.25) is 4.98 Å². The van der Waals surface area contributed by atoms with E-state index in [9.17, 15) is 0 Å². The molecule has 1 N–H and O–H groups in total. The van der Waals surface area contributed by atoms with Crippen LogP contribution >= 0.6 is 0 Å². The summed E-state index contributed by atoms with van der Waals surface area (Å²) in [6, 6.07) is 6.41. The molecule has 0 amide bonds. The topological polar surface area (TPSA) is 53.9 Å². The summed E-state index contributed by atoms with van der Waals surface area (Å²) in [5.41, 5.74) is 3.56. The van der Waals surface area contributed by atoms with Gasteiger partial charge in [0.2, 0.25) is 0 Å². The van der Waals surface area contributed by atoms with Crippen molar-refractivity contribution in [1.29, 1.82) is 0 Å². The molecule has 0 spiro atoms. The molecule has 5 heteroatoms. The van der Waals surface area contributed by atoms with E-state index in [1.54, 1.807) is 0 Å². The molecule has 0 aliphatic carbocycles. The van der Waals surface area contributed by atoms with Crippen LogP contribution in [-0.4, -0.2) is 28.0 Å². The zero-order chi connectivity index (χ0) is 16.4. The highest BCUT2D eigenvalue weighted by atomic mass is 15.2. The number of nitrogens with one attached hydrogen (secondary N) is 1. The molecule has 126 valence electrons. The van der Waals surface area contributed by atoms with Crippen molar-refractivity contribution in [3.63, 3.8) is 0 Å². The van der Waals surface area contributed by atoms with Gasteiger partial charge in [-0.05, 0) is 51.3 Å². The average Bonchev–Trinajstić information content (AvgIpc) is 2.64. The number of hydrogen-bond acceptors (Lipinski definition) is 5. The molecule has 0 bridgehead atoms. The molecule has 2 aromatic heterocycles. The first-order valence-corrected chi connectivity index (χ1v) is 9.07. The third-order valence-electron chi connectivity index (χ3n) is 5.06. The van der Waals surface area contributed by atoms with Gasteiger partial charge in [-0.2, -0.15) is 0 Å². The van der Waals surface area contributed by atoms with Gasteiger partial charge >= 0.3 is 0 Å². The third kappa shape index (κ3) is 3.13. The normalized spacial score (nSPS) is 20.7. The van der Waals surface area contributed by atoms with E-state index in [0.717, 1.165) is 61.9 Å². The fraction of sp³-hybridized carbons (Fsp3) is 0.526. The Kier molecular flexibility index (Phi) is 4.43. The van der Waals surface area contributed by atoms with E-state index in [-0.39, 0.29) is 0 Å². The van der Waals surface area contributed by atoms with E-state index < -0.39 is 0 Å². The maximum Gasteiger partial charge on any atom is 0.147 e. The molecular formula is C19H25N5. The fourth-order valence-electron chi connectivity index (χ4n) is 3.78. The maximum atomic E-state index is 5.00. The zero-order valence-corrected chi connectivity index (χ0v) is 14.3. The quantitative estimate of drug-likeness (QED) is 0.941. The Morgan fingerprint density at radius 3 is 2.96 bits per heavy atom. The van der Waals surface area contributed by atoms with Crippen LogP contribution in [0.25, 0.3) is 0 Å². The molecule has 2 aliphatic heterocycles. The van der Waals surface area contributed by atoms with Gasteiger partial charge < -0.3 is 10.2 Å². The molecule has 4 heterocycles. The van der Waals surface area contributed by atoms with Gasteiger partial charge in [0, 0.05) is 24.0 Å². The van der Waals surface area contributed by atoms with Gasteiger partial charge in [0.05, 0.1) is 18.3 Å². The summed E-state index contributed by atoms with van der Waals surface area (Å²) in [4.78, 5) is 16.7. The van der Waals surface area contributed by atoms with E-state index in [4.69, 9.17) is 9.97 Å². The largest absolute Gasteiger partial charge is 0.350 e. The van der Waals surface area contributed by atoms with Crippen LogP contribution in [0, 0.1) is 6.92 Å². The number of nitrogens with zero attached hydrogens (tertiary/aromatic N) is 4. The van der Waals surface area contributed by atoms with Crippen LogP contribution in [0.5, 0.6) is 0 Å². The highest BCUT2D eigenvalue weighted by Crippen LogP contribution is 2.30. The summed E-state index contributed by atoms with van der Waals surface area (Å²) >= 11 is 0. The van der Waals surface area contributed by atoms with Crippen LogP contribution in [0.2, 0.25) is 0 Å². The molecule has 1 atom stereocenters. The molecule has 0 aromatic carbocycles.